The van der Waals surface area contributed by atoms with Crippen molar-refractivity contribution in [2.75, 3.05) is 11.5 Å². The summed E-state index contributed by atoms with van der Waals surface area (Å²) in [6.45, 7) is 1.47. The van der Waals surface area contributed by atoms with Crippen molar-refractivity contribution in [1.29, 1.82) is 0 Å². The van der Waals surface area contributed by atoms with Gasteiger partial charge in [0.15, 0.2) is 0 Å². The molecular weight excluding hydrogens is 508 g/mol. The maximum Gasteiger partial charge on any atom is 0.296 e. The molecule has 0 unspecified atom stereocenters. The lowest BCUT2D eigenvalue weighted by molar-refractivity contribution is 0.481. The van der Waals surface area contributed by atoms with Gasteiger partial charge >= 0.3 is 0 Å². The lowest BCUT2D eigenvalue weighted by Crippen LogP contribution is -2.08. The molecule has 0 aliphatic heterocycles. The highest BCUT2D eigenvalue weighted by Crippen LogP contribution is 2.37. The van der Waals surface area contributed by atoms with E-state index in [9.17, 15) is 38.9 Å². The Labute approximate surface area is 196 Å². The summed E-state index contributed by atoms with van der Waals surface area (Å²) in [4.78, 5) is -1.62. The molecule has 182 valence electrons. The van der Waals surface area contributed by atoms with E-state index in [0.29, 0.717) is 0 Å². The summed E-state index contributed by atoms with van der Waals surface area (Å²) in [7, 11) is -14.1. The molecule has 0 bridgehead atoms. The van der Waals surface area contributed by atoms with Gasteiger partial charge in [0.05, 0.1) is 16.3 Å². The quantitative estimate of drug-likeness (QED) is 0.280. The van der Waals surface area contributed by atoms with Crippen molar-refractivity contribution in [3.8, 4) is 0 Å². The Morgan fingerprint density at radius 3 is 1.97 bits per heavy atom. The molecule has 0 amide bonds. The predicted octanol–water partition coefficient (Wildman–Crippen LogP) is 2.19. The van der Waals surface area contributed by atoms with Crippen LogP contribution in [0.5, 0.6) is 0 Å². The molecule has 0 saturated carbocycles. The van der Waals surface area contributed by atoms with Crippen molar-refractivity contribution >= 4 is 47.3 Å². The van der Waals surface area contributed by atoms with Gasteiger partial charge in [-0.2, -0.15) is 25.3 Å². The van der Waals surface area contributed by atoms with Crippen molar-refractivity contribution in [3.05, 3.63) is 75.7 Å². The molecule has 0 spiro atoms. The smallest absolute Gasteiger partial charge is 0.296 e. The van der Waals surface area contributed by atoms with Gasteiger partial charge in [-0.25, -0.2) is 0 Å². The minimum atomic E-state index is -4.77. The Morgan fingerprint density at radius 1 is 0.824 bits per heavy atom. The monoisotopic (exact) mass is 528 g/mol. The Hall–Kier alpha value is -3.01. The fourth-order valence-corrected chi connectivity index (χ4v) is 5.39. The molecule has 0 saturated heterocycles. The van der Waals surface area contributed by atoms with Gasteiger partial charge in [0.25, 0.3) is 30.4 Å². The first kappa shape index (κ1) is 25.6. The van der Waals surface area contributed by atoms with Gasteiger partial charge in [0, 0.05) is 6.42 Å². The summed E-state index contributed by atoms with van der Waals surface area (Å²) >= 11 is 0. The zero-order valence-electron chi connectivity index (χ0n) is 17.5. The molecule has 0 heterocycles. The molecule has 3 rings (SSSR count). The summed E-state index contributed by atoms with van der Waals surface area (Å²) < 4.78 is 99.5. The molecule has 2 aromatic carbocycles. The van der Waals surface area contributed by atoms with Gasteiger partial charge in [0.2, 0.25) is 0 Å². The topological polar surface area (TPSA) is 215 Å². The fraction of sp³-hybridized carbons (Fsp3) is 0.100. The summed E-state index contributed by atoms with van der Waals surface area (Å²) in [5.41, 5.74) is 11.7. The molecule has 1 aliphatic carbocycles. The zero-order valence-corrected chi connectivity index (χ0v) is 19.9. The van der Waals surface area contributed by atoms with Gasteiger partial charge in [-0.1, -0.05) is 18.2 Å². The van der Waals surface area contributed by atoms with E-state index in [1.54, 1.807) is 0 Å². The highest BCUT2D eigenvalue weighted by molar-refractivity contribution is 7.89. The first-order valence-corrected chi connectivity index (χ1v) is 13.7. The van der Waals surface area contributed by atoms with Gasteiger partial charge < -0.3 is 11.5 Å². The van der Waals surface area contributed by atoms with E-state index in [1.807, 2.05) is 0 Å². The molecule has 34 heavy (non-hydrogen) atoms. The Bertz CT molecular complexity index is 1620. The molecule has 0 fully saturated rings. The van der Waals surface area contributed by atoms with E-state index < -0.39 is 40.1 Å². The predicted molar refractivity (Wildman–Crippen MR) is 125 cm³/mol. The van der Waals surface area contributed by atoms with Crippen LogP contribution < -0.4 is 11.5 Å². The average molecular weight is 529 g/mol. The number of nitrogens with two attached hydrogens (primary N) is 2. The van der Waals surface area contributed by atoms with E-state index in [0.717, 1.165) is 18.2 Å². The molecule has 0 radical (unpaired) electrons. The number of hydrogen-bond donors (Lipinski definition) is 5. The first-order valence-electron chi connectivity index (χ1n) is 9.34. The summed E-state index contributed by atoms with van der Waals surface area (Å²) in [5, 5.41) is 0. The Kier molecular flexibility index (Phi) is 6.51. The Balaban J connectivity index is 2.49. The number of hydrogen-bond acceptors (Lipinski definition) is 8. The van der Waals surface area contributed by atoms with Crippen LogP contribution in [-0.4, -0.2) is 38.9 Å². The molecule has 14 heteroatoms. The lowest BCUT2D eigenvalue weighted by Gasteiger charge is -2.18. The standard InChI is InChI=1S/C20H20N2O9S3/c1-11-7-14(10-18(20(11)22)34(29,30)31)19(12-3-2-4-15(8-12)32(23,24)25)13-5-6-16(21)17(9-13)33(26,27)28/h2-3,5-10H,4,21-22H2,1H3,(H,23,24,25)(H,26,27,28)(H,29,30,31)/b19-12+. The largest absolute Gasteiger partial charge is 0.398 e. The van der Waals surface area contributed by atoms with Crippen LogP contribution in [0.3, 0.4) is 0 Å². The third-order valence-corrected chi connectivity index (χ3v) is 7.80. The van der Waals surface area contributed by atoms with E-state index in [2.05, 4.69) is 0 Å². The highest BCUT2D eigenvalue weighted by atomic mass is 32.2. The van der Waals surface area contributed by atoms with E-state index in [1.165, 1.54) is 37.3 Å². The fourth-order valence-electron chi connectivity index (χ4n) is 3.45. The molecule has 0 atom stereocenters. The Morgan fingerprint density at radius 2 is 1.41 bits per heavy atom. The van der Waals surface area contributed by atoms with Crippen LogP contribution in [0.1, 0.15) is 23.1 Å². The number of rotatable bonds is 5. The number of aryl methyl sites for hydroxylation is 1. The first-order chi connectivity index (χ1) is 15.5. The summed E-state index contributed by atoms with van der Waals surface area (Å²) in [6.07, 6.45) is 3.91. The molecule has 2 aromatic rings. The third kappa shape index (κ3) is 5.22. The lowest BCUT2D eigenvalue weighted by atomic mass is 9.90. The number of benzene rings is 2. The van der Waals surface area contributed by atoms with Gasteiger partial charge in [-0.05, 0) is 65.1 Å². The van der Waals surface area contributed by atoms with E-state index >= 15 is 0 Å². The van der Waals surface area contributed by atoms with Crippen molar-refractivity contribution in [2.45, 2.75) is 23.1 Å². The van der Waals surface area contributed by atoms with Crippen LogP contribution in [0.2, 0.25) is 0 Å². The zero-order chi connectivity index (χ0) is 25.6. The number of allylic oxidation sites excluding steroid dienone is 5. The van der Waals surface area contributed by atoms with Gasteiger partial charge in [-0.15, -0.1) is 0 Å². The maximum absolute atomic E-state index is 11.9. The second-order valence-electron chi connectivity index (χ2n) is 7.43. The van der Waals surface area contributed by atoms with Crippen molar-refractivity contribution in [3.63, 3.8) is 0 Å². The van der Waals surface area contributed by atoms with Crippen molar-refractivity contribution in [1.82, 2.24) is 0 Å². The van der Waals surface area contributed by atoms with Crippen LogP contribution >= 0.6 is 0 Å². The van der Waals surface area contributed by atoms with Crippen LogP contribution in [-0.2, 0) is 30.4 Å². The molecule has 7 N–H and O–H groups in total. The maximum atomic E-state index is 11.9. The third-order valence-electron chi connectivity index (χ3n) is 5.05. The second kappa shape index (κ2) is 8.65. The second-order valence-corrected chi connectivity index (χ2v) is 11.7. The molecule has 11 nitrogen and oxygen atoms in total. The van der Waals surface area contributed by atoms with Crippen molar-refractivity contribution < 1.29 is 38.9 Å². The number of anilines is 2. The summed E-state index contributed by atoms with van der Waals surface area (Å²) in [5.74, 6) is 0. The van der Waals surface area contributed by atoms with E-state index in [4.69, 9.17) is 11.5 Å². The van der Waals surface area contributed by atoms with Crippen LogP contribution in [0.4, 0.5) is 11.4 Å². The average Bonchev–Trinajstić information content (AvgIpc) is 2.69. The van der Waals surface area contributed by atoms with Gasteiger partial charge in [-0.3, -0.25) is 13.7 Å². The normalized spacial score (nSPS) is 16.3. The minimum Gasteiger partial charge on any atom is -0.398 e. The number of nitrogen functional groups attached to an aromatic ring is 2. The van der Waals surface area contributed by atoms with Crippen LogP contribution in [0.25, 0.3) is 5.57 Å². The van der Waals surface area contributed by atoms with Crippen LogP contribution in [0, 0.1) is 6.92 Å². The van der Waals surface area contributed by atoms with E-state index in [-0.39, 0.29) is 50.5 Å². The summed E-state index contributed by atoms with van der Waals surface area (Å²) in [6, 6.07) is 6.06. The SMILES string of the molecule is Cc1cc(/C(=C2\C=CCC(S(=O)(=O)O)=C2)c2ccc(N)c(S(=O)(=O)O)c2)cc(S(=O)(=O)O)c1N. The highest BCUT2D eigenvalue weighted by Gasteiger charge is 2.24. The molecular formula is C20H20N2O9S3. The van der Waals surface area contributed by atoms with Gasteiger partial charge in [0.1, 0.15) is 9.79 Å². The minimum absolute atomic E-state index is 0.0970. The van der Waals surface area contributed by atoms with Crippen molar-refractivity contribution in [2.24, 2.45) is 0 Å². The van der Waals surface area contributed by atoms with Crippen LogP contribution in [0.15, 0.2) is 68.8 Å². The molecule has 1 aliphatic rings. The molecule has 0 aromatic heterocycles.